The van der Waals surface area contributed by atoms with Crippen LogP contribution in [0.2, 0.25) is 0 Å². The predicted octanol–water partition coefficient (Wildman–Crippen LogP) is 2.38. The number of carbonyl (C=O) groups is 1. The molecule has 1 heterocycles. The van der Waals surface area contributed by atoms with E-state index in [0.29, 0.717) is 30.3 Å². The van der Waals surface area contributed by atoms with Gasteiger partial charge >= 0.3 is 0 Å². The summed E-state index contributed by atoms with van der Waals surface area (Å²) in [7, 11) is 0. The molecule has 1 aromatic carbocycles. The molecule has 8 nitrogen and oxygen atoms in total. The lowest BCUT2D eigenvalue weighted by atomic mass is 10.1. The summed E-state index contributed by atoms with van der Waals surface area (Å²) in [6.45, 7) is 1.89. The van der Waals surface area contributed by atoms with Crippen molar-refractivity contribution in [1.29, 1.82) is 0 Å². The van der Waals surface area contributed by atoms with Crippen LogP contribution in [0.3, 0.4) is 0 Å². The zero-order valence-corrected chi connectivity index (χ0v) is 12.7. The van der Waals surface area contributed by atoms with Gasteiger partial charge in [-0.1, -0.05) is 0 Å². The second kappa shape index (κ2) is 6.15. The van der Waals surface area contributed by atoms with Gasteiger partial charge in [-0.3, -0.25) is 14.9 Å². The van der Waals surface area contributed by atoms with E-state index < -0.39 is 4.92 Å². The van der Waals surface area contributed by atoms with Crippen molar-refractivity contribution in [3.8, 4) is 0 Å². The molecule has 0 spiro atoms. The van der Waals surface area contributed by atoms with Gasteiger partial charge in [-0.25, -0.2) is 0 Å². The minimum Gasteiger partial charge on any atom is -0.379 e. The van der Waals surface area contributed by atoms with E-state index in [9.17, 15) is 14.9 Å². The van der Waals surface area contributed by atoms with Crippen molar-refractivity contribution in [2.45, 2.75) is 32.2 Å². The van der Waals surface area contributed by atoms with E-state index in [1.165, 1.54) is 13.0 Å². The number of nitro groups is 1. The molecule has 0 atom stereocenters. The molecule has 2 aromatic rings. The Morgan fingerprint density at radius 3 is 2.91 bits per heavy atom. The van der Waals surface area contributed by atoms with Crippen molar-refractivity contribution < 1.29 is 9.72 Å². The van der Waals surface area contributed by atoms with Gasteiger partial charge in [0.2, 0.25) is 0 Å². The van der Waals surface area contributed by atoms with Crippen LogP contribution in [-0.4, -0.2) is 32.0 Å². The summed E-state index contributed by atoms with van der Waals surface area (Å²) in [6.07, 6.45) is 4.66. The van der Waals surface area contributed by atoms with Crippen molar-refractivity contribution in [2.24, 2.45) is 0 Å². The van der Waals surface area contributed by atoms with Gasteiger partial charge < -0.3 is 9.88 Å². The Bertz CT molecular complexity index is 751. The number of nitro benzene ring substituents is 1. The zero-order valence-electron chi connectivity index (χ0n) is 12.7. The Morgan fingerprint density at radius 1 is 1.48 bits per heavy atom. The van der Waals surface area contributed by atoms with E-state index in [4.69, 9.17) is 0 Å². The maximum atomic E-state index is 11.3. The number of aromatic nitrogens is 3. The normalized spacial score (nSPS) is 13.8. The smallest absolute Gasteiger partial charge is 0.293 e. The summed E-state index contributed by atoms with van der Waals surface area (Å²) in [6, 6.07) is 4.96. The van der Waals surface area contributed by atoms with Crippen LogP contribution in [0.25, 0.3) is 0 Å². The molecule has 1 aliphatic carbocycles. The first-order valence-electron chi connectivity index (χ1n) is 7.48. The number of hydrogen-bond acceptors (Lipinski definition) is 6. The number of ketones is 1. The Balaban J connectivity index is 1.68. The number of nitrogens with zero attached hydrogens (tertiary/aromatic N) is 4. The maximum absolute atomic E-state index is 11.3. The average molecular weight is 315 g/mol. The van der Waals surface area contributed by atoms with Gasteiger partial charge in [0.1, 0.15) is 17.8 Å². The predicted molar refractivity (Wildman–Crippen MR) is 83.6 cm³/mol. The highest BCUT2D eigenvalue weighted by Crippen LogP contribution is 2.35. The molecule has 1 fully saturated rings. The van der Waals surface area contributed by atoms with E-state index in [0.717, 1.165) is 18.7 Å². The molecule has 1 saturated carbocycles. The van der Waals surface area contributed by atoms with Gasteiger partial charge in [0.05, 0.1) is 4.92 Å². The fourth-order valence-electron chi connectivity index (χ4n) is 2.46. The highest BCUT2D eigenvalue weighted by Gasteiger charge is 2.25. The van der Waals surface area contributed by atoms with E-state index >= 15 is 0 Å². The molecule has 0 unspecified atom stereocenters. The Labute approximate surface area is 132 Å². The lowest BCUT2D eigenvalue weighted by Crippen LogP contribution is -2.11. The van der Waals surface area contributed by atoms with Crippen molar-refractivity contribution in [1.82, 2.24) is 14.8 Å². The van der Waals surface area contributed by atoms with Gasteiger partial charge in [0.25, 0.3) is 5.69 Å². The van der Waals surface area contributed by atoms with Gasteiger partial charge in [-0.05, 0) is 31.9 Å². The summed E-state index contributed by atoms with van der Waals surface area (Å²) in [5.74, 6) is 0.681. The summed E-state index contributed by atoms with van der Waals surface area (Å²) in [5.41, 5.74) is 0.634. The SMILES string of the molecule is CC(=O)c1ccc(NCCc2nncn2C2CC2)c([N+](=O)[O-])c1. The third-order valence-electron chi connectivity index (χ3n) is 3.85. The second-order valence-corrected chi connectivity index (χ2v) is 5.61. The molecular weight excluding hydrogens is 298 g/mol. The number of benzene rings is 1. The number of nitrogens with one attached hydrogen (secondary N) is 1. The zero-order chi connectivity index (χ0) is 16.4. The fourth-order valence-corrected chi connectivity index (χ4v) is 2.46. The van der Waals surface area contributed by atoms with Crippen LogP contribution in [0, 0.1) is 10.1 Å². The quantitative estimate of drug-likeness (QED) is 0.478. The molecule has 120 valence electrons. The monoisotopic (exact) mass is 315 g/mol. The topological polar surface area (TPSA) is 103 Å². The van der Waals surface area contributed by atoms with Crippen LogP contribution in [-0.2, 0) is 6.42 Å². The largest absolute Gasteiger partial charge is 0.379 e. The number of carbonyl (C=O) groups excluding carboxylic acids is 1. The number of Topliss-reactive ketones (excluding diaryl/α,β-unsaturated/α-hetero) is 1. The summed E-state index contributed by atoms with van der Waals surface area (Å²) >= 11 is 0. The lowest BCUT2D eigenvalue weighted by molar-refractivity contribution is -0.384. The molecule has 0 amide bonds. The maximum Gasteiger partial charge on any atom is 0.293 e. The van der Waals surface area contributed by atoms with Crippen LogP contribution in [0.5, 0.6) is 0 Å². The average Bonchev–Trinajstić information content (AvgIpc) is 3.26. The minimum atomic E-state index is -0.485. The molecule has 0 aliphatic heterocycles. The molecule has 3 rings (SSSR count). The van der Waals surface area contributed by atoms with Crippen LogP contribution >= 0.6 is 0 Å². The van der Waals surface area contributed by atoms with Crippen molar-refractivity contribution in [3.05, 3.63) is 46.0 Å². The number of hydrogen-bond donors (Lipinski definition) is 1. The van der Waals surface area contributed by atoms with Gasteiger partial charge in [-0.15, -0.1) is 10.2 Å². The lowest BCUT2D eigenvalue weighted by Gasteiger charge is -2.08. The highest BCUT2D eigenvalue weighted by atomic mass is 16.6. The van der Waals surface area contributed by atoms with Crippen LogP contribution in [0.1, 0.15) is 42.0 Å². The first kappa shape index (κ1) is 15.1. The molecular formula is C15H17N5O3. The molecule has 0 radical (unpaired) electrons. The Hall–Kier alpha value is -2.77. The van der Waals surface area contributed by atoms with Crippen LogP contribution in [0.15, 0.2) is 24.5 Å². The summed E-state index contributed by atoms with van der Waals surface area (Å²) in [4.78, 5) is 22.0. The molecule has 1 N–H and O–H groups in total. The van der Waals surface area contributed by atoms with E-state index in [-0.39, 0.29) is 11.5 Å². The van der Waals surface area contributed by atoms with E-state index in [1.807, 2.05) is 0 Å². The number of anilines is 1. The Morgan fingerprint density at radius 2 is 2.26 bits per heavy atom. The van der Waals surface area contributed by atoms with E-state index in [2.05, 4.69) is 20.1 Å². The first-order chi connectivity index (χ1) is 11.1. The molecule has 8 heteroatoms. The van der Waals surface area contributed by atoms with Crippen molar-refractivity contribution in [2.75, 3.05) is 11.9 Å². The standard InChI is InChI=1S/C15H17N5O3/c1-10(21)11-2-5-13(14(8-11)20(22)23)16-7-6-15-18-17-9-19(15)12-3-4-12/h2,5,8-9,12,16H,3-4,6-7H2,1H3. The van der Waals surface area contributed by atoms with Crippen LogP contribution < -0.4 is 5.32 Å². The molecule has 1 aromatic heterocycles. The van der Waals surface area contributed by atoms with Crippen LogP contribution in [0.4, 0.5) is 11.4 Å². The van der Waals surface area contributed by atoms with Crippen molar-refractivity contribution in [3.63, 3.8) is 0 Å². The first-order valence-corrected chi connectivity index (χ1v) is 7.48. The Kier molecular flexibility index (Phi) is 4.05. The molecule has 0 bridgehead atoms. The van der Waals surface area contributed by atoms with Gasteiger partial charge in [-0.2, -0.15) is 0 Å². The third kappa shape index (κ3) is 3.36. The van der Waals surface area contributed by atoms with Gasteiger partial charge in [0.15, 0.2) is 5.78 Å². The molecule has 23 heavy (non-hydrogen) atoms. The second-order valence-electron chi connectivity index (χ2n) is 5.61. The molecule has 0 saturated heterocycles. The number of rotatable bonds is 7. The summed E-state index contributed by atoms with van der Waals surface area (Å²) < 4.78 is 2.06. The summed E-state index contributed by atoms with van der Waals surface area (Å²) in [5, 5.41) is 22.2. The third-order valence-corrected chi connectivity index (χ3v) is 3.85. The fraction of sp³-hybridized carbons (Fsp3) is 0.400. The van der Waals surface area contributed by atoms with Gasteiger partial charge in [0, 0.05) is 30.6 Å². The minimum absolute atomic E-state index is 0.0960. The van der Waals surface area contributed by atoms with Crippen molar-refractivity contribution >= 4 is 17.2 Å². The molecule has 1 aliphatic rings. The highest BCUT2D eigenvalue weighted by molar-refractivity contribution is 5.95. The van der Waals surface area contributed by atoms with E-state index in [1.54, 1.807) is 18.5 Å².